The molecule has 1 aromatic carbocycles. The van der Waals surface area contributed by atoms with E-state index in [-0.39, 0.29) is 0 Å². The average Bonchev–Trinajstić information content (AvgIpc) is 2.08. The Morgan fingerprint density at radius 1 is 1.20 bits per heavy atom. The minimum Gasteiger partial charge on any atom is -0.347 e. The summed E-state index contributed by atoms with van der Waals surface area (Å²) in [5, 5.41) is 6.24. The SMILES string of the molecule is C=C(C)NC(=C)Nc1ccc(C)cc1C. The fourth-order valence-corrected chi connectivity index (χ4v) is 1.41. The summed E-state index contributed by atoms with van der Waals surface area (Å²) in [5.74, 6) is 0.745. The monoisotopic (exact) mass is 202 g/mol. The van der Waals surface area contributed by atoms with Crippen molar-refractivity contribution in [2.45, 2.75) is 20.8 Å². The van der Waals surface area contributed by atoms with Crippen molar-refractivity contribution >= 4 is 5.69 Å². The summed E-state index contributed by atoms with van der Waals surface area (Å²) in [6.07, 6.45) is 0. The fourth-order valence-electron chi connectivity index (χ4n) is 1.41. The molecule has 1 rings (SSSR count). The van der Waals surface area contributed by atoms with Gasteiger partial charge in [0.1, 0.15) is 0 Å². The van der Waals surface area contributed by atoms with Crippen molar-refractivity contribution in [2.75, 3.05) is 5.32 Å². The summed E-state index contributed by atoms with van der Waals surface area (Å²) in [6, 6.07) is 6.26. The molecule has 1 aromatic rings. The first kappa shape index (κ1) is 11.4. The quantitative estimate of drug-likeness (QED) is 0.782. The van der Waals surface area contributed by atoms with Gasteiger partial charge in [0.25, 0.3) is 0 Å². The highest BCUT2D eigenvalue weighted by atomic mass is 15.1. The summed E-state index contributed by atoms with van der Waals surface area (Å²) in [7, 11) is 0. The molecule has 0 fully saturated rings. The molecule has 0 amide bonds. The number of hydrogen-bond donors (Lipinski definition) is 2. The smallest absolute Gasteiger partial charge is 0.0999 e. The van der Waals surface area contributed by atoms with Crippen LogP contribution in [0.3, 0.4) is 0 Å². The summed E-state index contributed by atoms with van der Waals surface area (Å²) in [6.45, 7) is 13.7. The lowest BCUT2D eigenvalue weighted by atomic mass is 10.1. The first-order valence-electron chi connectivity index (χ1n) is 4.95. The molecule has 0 radical (unpaired) electrons. The molecule has 0 unspecified atom stereocenters. The lowest BCUT2D eigenvalue weighted by molar-refractivity contribution is 0.986. The van der Waals surface area contributed by atoms with Gasteiger partial charge in [-0.1, -0.05) is 30.9 Å². The second-order valence-electron chi connectivity index (χ2n) is 3.83. The first-order chi connectivity index (χ1) is 6.99. The van der Waals surface area contributed by atoms with E-state index < -0.39 is 0 Å². The number of rotatable bonds is 4. The predicted molar refractivity (Wildman–Crippen MR) is 66.6 cm³/mol. The van der Waals surface area contributed by atoms with Gasteiger partial charge < -0.3 is 10.6 Å². The van der Waals surface area contributed by atoms with Crippen molar-refractivity contribution in [3.63, 3.8) is 0 Å². The lowest BCUT2D eigenvalue weighted by Gasteiger charge is -2.14. The fraction of sp³-hybridized carbons (Fsp3) is 0.231. The molecular weight excluding hydrogens is 184 g/mol. The van der Waals surface area contributed by atoms with Crippen molar-refractivity contribution in [1.82, 2.24) is 5.32 Å². The summed E-state index contributed by atoms with van der Waals surface area (Å²) in [4.78, 5) is 0. The zero-order valence-electron chi connectivity index (χ0n) is 9.65. The molecular formula is C13H18N2. The second-order valence-corrected chi connectivity index (χ2v) is 3.83. The number of aryl methyl sites for hydroxylation is 2. The van der Waals surface area contributed by atoms with E-state index in [1.54, 1.807) is 0 Å². The van der Waals surface area contributed by atoms with Gasteiger partial charge in [0.2, 0.25) is 0 Å². The van der Waals surface area contributed by atoms with Gasteiger partial charge in [-0.2, -0.15) is 0 Å². The molecule has 0 aliphatic carbocycles. The Morgan fingerprint density at radius 2 is 1.87 bits per heavy atom. The van der Waals surface area contributed by atoms with Gasteiger partial charge >= 0.3 is 0 Å². The molecule has 0 bridgehead atoms. The van der Waals surface area contributed by atoms with Crippen LogP contribution in [-0.2, 0) is 0 Å². The maximum absolute atomic E-state index is 3.87. The van der Waals surface area contributed by atoms with Crippen LogP contribution in [0.5, 0.6) is 0 Å². The van der Waals surface area contributed by atoms with Crippen molar-refractivity contribution in [2.24, 2.45) is 0 Å². The summed E-state index contributed by atoms with van der Waals surface area (Å²) in [5.41, 5.74) is 4.41. The Labute approximate surface area is 91.7 Å². The van der Waals surface area contributed by atoms with E-state index in [1.807, 2.05) is 6.92 Å². The number of anilines is 1. The Bertz CT molecular complexity index is 392. The van der Waals surface area contributed by atoms with Crippen LogP contribution in [0.2, 0.25) is 0 Å². The Morgan fingerprint density at radius 3 is 2.40 bits per heavy atom. The maximum atomic E-state index is 3.87. The molecule has 15 heavy (non-hydrogen) atoms. The largest absolute Gasteiger partial charge is 0.347 e. The number of allylic oxidation sites excluding steroid dienone is 1. The van der Waals surface area contributed by atoms with E-state index in [0.29, 0.717) is 0 Å². The lowest BCUT2D eigenvalue weighted by Crippen LogP contribution is -2.16. The highest BCUT2D eigenvalue weighted by Gasteiger charge is 1.99. The summed E-state index contributed by atoms with van der Waals surface area (Å²) < 4.78 is 0. The Balaban J connectivity index is 2.72. The third kappa shape index (κ3) is 3.50. The third-order valence-electron chi connectivity index (χ3n) is 2.03. The standard InChI is InChI=1S/C13H18N2/c1-9(2)14-12(5)15-13-7-6-10(3)8-11(13)4/h6-8,14-15H,1,5H2,2-4H3. The summed E-state index contributed by atoms with van der Waals surface area (Å²) >= 11 is 0. The van der Waals surface area contributed by atoms with Gasteiger partial charge in [-0.3, -0.25) is 0 Å². The molecule has 0 aromatic heterocycles. The van der Waals surface area contributed by atoms with E-state index in [2.05, 4.69) is 55.8 Å². The molecule has 0 spiro atoms. The zero-order valence-corrected chi connectivity index (χ0v) is 9.65. The van der Waals surface area contributed by atoms with E-state index in [9.17, 15) is 0 Å². The minimum absolute atomic E-state index is 0.745. The van der Waals surface area contributed by atoms with Crippen LogP contribution in [0.15, 0.2) is 42.9 Å². The van der Waals surface area contributed by atoms with Gasteiger partial charge in [0, 0.05) is 11.4 Å². The van der Waals surface area contributed by atoms with Crippen molar-refractivity contribution in [1.29, 1.82) is 0 Å². The van der Waals surface area contributed by atoms with Gasteiger partial charge in [-0.15, -0.1) is 0 Å². The van der Waals surface area contributed by atoms with Crippen molar-refractivity contribution < 1.29 is 0 Å². The molecule has 2 heteroatoms. The number of benzene rings is 1. The topological polar surface area (TPSA) is 24.1 Å². The average molecular weight is 202 g/mol. The molecule has 80 valence electrons. The third-order valence-corrected chi connectivity index (χ3v) is 2.03. The predicted octanol–water partition coefficient (Wildman–Crippen LogP) is 3.31. The second kappa shape index (κ2) is 4.69. The van der Waals surface area contributed by atoms with Gasteiger partial charge in [0.05, 0.1) is 5.82 Å². The molecule has 0 saturated carbocycles. The van der Waals surface area contributed by atoms with E-state index in [0.717, 1.165) is 17.2 Å². The normalized spacial score (nSPS) is 9.53. The van der Waals surface area contributed by atoms with Gasteiger partial charge in [-0.05, 0) is 32.4 Å². The minimum atomic E-state index is 0.745. The van der Waals surface area contributed by atoms with Crippen molar-refractivity contribution in [3.05, 3.63) is 54.0 Å². The van der Waals surface area contributed by atoms with Crippen molar-refractivity contribution in [3.8, 4) is 0 Å². The van der Waals surface area contributed by atoms with Crippen LogP contribution in [0, 0.1) is 13.8 Å². The van der Waals surface area contributed by atoms with E-state index >= 15 is 0 Å². The van der Waals surface area contributed by atoms with Gasteiger partial charge in [0.15, 0.2) is 0 Å². The van der Waals surface area contributed by atoms with Crippen LogP contribution >= 0.6 is 0 Å². The first-order valence-corrected chi connectivity index (χ1v) is 4.95. The van der Waals surface area contributed by atoms with E-state index in [1.165, 1.54) is 11.1 Å². The Hall–Kier alpha value is -1.70. The molecule has 0 atom stereocenters. The number of hydrogen-bond acceptors (Lipinski definition) is 2. The molecule has 0 aliphatic rings. The van der Waals surface area contributed by atoms with Crippen LogP contribution in [-0.4, -0.2) is 0 Å². The van der Waals surface area contributed by atoms with E-state index in [4.69, 9.17) is 0 Å². The molecule has 2 N–H and O–H groups in total. The van der Waals surface area contributed by atoms with Crippen LogP contribution in [0.1, 0.15) is 18.1 Å². The maximum Gasteiger partial charge on any atom is 0.0999 e. The highest BCUT2D eigenvalue weighted by Crippen LogP contribution is 2.16. The van der Waals surface area contributed by atoms with Crippen LogP contribution < -0.4 is 10.6 Å². The Kier molecular flexibility index (Phi) is 3.56. The zero-order chi connectivity index (χ0) is 11.4. The highest BCUT2D eigenvalue weighted by molar-refractivity contribution is 5.55. The molecule has 0 heterocycles. The van der Waals surface area contributed by atoms with Crippen LogP contribution in [0.25, 0.3) is 0 Å². The van der Waals surface area contributed by atoms with Crippen LogP contribution in [0.4, 0.5) is 5.69 Å². The molecule has 0 saturated heterocycles. The van der Waals surface area contributed by atoms with Gasteiger partial charge in [-0.25, -0.2) is 0 Å². The molecule has 0 aliphatic heterocycles. The molecule has 2 nitrogen and oxygen atoms in total. The number of nitrogens with one attached hydrogen (secondary N) is 2.